The Bertz CT molecular complexity index is 1450. The van der Waals surface area contributed by atoms with Crippen LogP contribution in [0.5, 0.6) is 0 Å². The van der Waals surface area contributed by atoms with Gasteiger partial charge in [-0.2, -0.15) is 0 Å². The first-order valence-electron chi connectivity index (χ1n) is 9.56. The minimum absolute atomic E-state index is 1.14. The highest BCUT2D eigenvalue weighted by atomic mass is 14.8. The van der Waals surface area contributed by atoms with Crippen molar-refractivity contribution in [2.45, 2.75) is 0 Å². The average Bonchev–Trinajstić information content (AvgIpc) is 3.52. The third-order valence-electron chi connectivity index (χ3n) is 5.56. The maximum absolute atomic E-state index is 3.70. The highest BCUT2D eigenvalue weighted by molar-refractivity contribution is 5.88. The maximum Gasteiger partial charge on any atom is 0.0716 e. The van der Waals surface area contributed by atoms with Crippen molar-refractivity contribution in [1.29, 1.82) is 0 Å². The first kappa shape index (κ1) is 15.3. The zero-order valence-corrected chi connectivity index (χ0v) is 15.2. The molecule has 2 heterocycles. The third kappa shape index (κ3) is 2.15. The summed E-state index contributed by atoms with van der Waals surface area (Å²) in [6.45, 7) is 0. The summed E-state index contributed by atoms with van der Waals surface area (Å²) in [7, 11) is 0. The van der Waals surface area contributed by atoms with E-state index in [1.165, 1.54) is 32.4 Å². The number of fused-ring (bicyclic) bond motifs is 2. The molecule has 0 spiro atoms. The highest BCUT2D eigenvalue weighted by Gasteiger charge is 2.09. The van der Waals surface area contributed by atoms with Crippen molar-refractivity contribution >= 4 is 33.0 Å². The molecular formula is C26H18N2. The van der Waals surface area contributed by atoms with E-state index < -0.39 is 0 Å². The smallest absolute Gasteiger partial charge is 0.0716 e. The lowest BCUT2D eigenvalue weighted by Crippen LogP contribution is -2.10. The molecule has 132 valence electrons. The van der Waals surface area contributed by atoms with Crippen LogP contribution in [0.15, 0.2) is 97.1 Å². The Hall–Kier alpha value is -3.78. The van der Waals surface area contributed by atoms with Gasteiger partial charge in [-0.1, -0.05) is 85.0 Å². The molecular weight excluding hydrogens is 340 g/mol. The largest absolute Gasteiger partial charge is 0.353 e. The molecule has 2 aliphatic rings. The molecule has 0 radical (unpaired) electrons. The van der Waals surface area contributed by atoms with Gasteiger partial charge >= 0.3 is 0 Å². The molecule has 0 saturated carbocycles. The van der Waals surface area contributed by atoms with Crippen molar-refractivity contribution in [3.05, 3.63) is 118 Å². The summed E-state index contributed by atoms with van der Waals surface area (Å²) in [4.78, 5) is 7.40. The number of para-hydroxylation sites is 2. The average molecular weight is 358 g/mol. The molecule has 0 aliphatic heterocycles. The Morgan fingerprint density at radius 3 is 1.29 bits per heavy atom. The SMILES string of the molecule is C1=CC(=c2c(=c3[nH]c4ccccc4c3=C3C=CC=C3)[nH]c3ccccc23)C=C1. The number of H-pyrrole nitrogens is 2. The Morgan fingerprint density at radius 2 is 0.857 bits per heavy atom. The predicted octanol–water partition coefficient (Wildman–Crippen LogP) is 4.49. The fourth-order valence-corrected chi connectivity index (χ4v) is 4.34. The summed E-state index contributed by atoms with van der Waals surface area (Å²) in [5.74, 6) is 0. The lowest BCUT2D eigenvalue weighted by molar-refractivity contribution is 1.23. The molecule has 2 nitrogen and oxygen atoms in total. The molecule has 2 aliphatic carbocycles. The summed E-state index contributed by atoms with van der Waals surface area (Å²) in [5, 5.41) is 7.27. The van der Waals surface area contributed by atoms with Crippen LogP contribution >= 0.6 is 0 Å². The van der Waals surface area contributed by atoms with Crippen LogP contribution in [-0.2, 0) is 0 Å². The molecule has 0 saturated heterocycles. The number of allylic oxidation sites excluding steroid dienone is 8. The molecule has 0 bridgehead atoms. The highest BCUT2D eigenvalue weighted by Crippen LogP contribution is 2.16. The third-order valence-corrected chi connectivity index (χ3v) is 5.56. The molecule has 0 amide bonds. The van der Waals surface area contributed by atoms with Crippen molar-refractivity contribution in [3.63, 3.8) is 0 Å². The number of hydrogen-bond donors (Lipinski definition) is 2. The number of hydrogen-bond acceptors (Lipinski definition) is 0. The minimum Gasteiger partial charge on any atom is -0.353 e. The Balaban J connectivity index is 2.02. The predicted molar refractivity (Wildman–Crippen MR) is 117 cm³/mol. The van der Waals surface area contributed by atoms with E-state index in [0.717, 1.165) is 21.7 Å². The van der Waals surface area contributed by atoms with Gasteiger partial charge in [-0.05, 0) is 23.3 Å². The summed E-state index contributed by atoms with van der Waals surface area (Å²) in [5.41, 5.74) is 4.78. The molecule has 0 unspecified atom stereocenters. The van der Waals surface area contributed by atoms with E-state index in [2.05, 4.69) is 107 Å². The lowest BCUT2D eigenvalue weighted by atomic mass is 10.1. The zero-order valence-electron chi connectivity index (χ0n) is 15.2. The lowest BCUT2D eigenvalue weighted by Gasteiger charge is -1.92. The van der Waals surface area contributed by atoms with E-state index in [4.69, 9.17) is 0 Å². The van der Waals surface area contributed by atoms with E-state index in [1.807, 2.05) is 0 Å². The molecule has 0 fully saturated rings. The fourth-order valence-electron chi connectivity index (χ4n) is 4.34. The van der Waals surface area contributed by atoms with Crippen LogP contribution in [0, 0.1) is 10.7 Å². The molecule has 2 aromatic carbocycles. The molecule has 0 atom stereocenters. The zero-order chi connectivity index (χ0) is 18.5. The van der Waals surface area contributed by atoms with E-state index in [0.29, 0.717) is 0 Å². The molecule has 4 aromatic rings. The van der Waals surface area contributed by atoms with Crippen molar-refractivity contribution in [3.8, 4) is 0 Å². The van der Waals surface area contributed by atoms with Crippen molar-refractivity contribution in [2.75, 3.05) is 0 Å². The Kier molecular flexibility index (Phi) is 3.20. The number of benzene rings is 2. The normalized spacial score (nSPS) is 16.4. The van der Waals surface area contributed by atoms with Gasteiger partial charge in [-0.25, -0.2) is 0 Å². The van der Waals surface area contributed by atoms with E-state index in [-0.39, 0.29) is 0 Å². The molecule has 28 heavy (non-hydrogen) atoms. The van der Waals surface area contributed by atoms with Gasteiger partial charge in [0.1, 0.15) is 0 Å². The van der Waals surface area contributed by atoms with Crippen LogP contribution in [0.25, 0.3) is 33.0 Å². The van der Waals surface area contributed by atoms with E-state index >= 15 is 0 Å². The van der Waals surface area contributed by atoms with Crippen LogP contribution in [-0.4, -0.2) is 9.97 Å². The Labute approximate surface area is 161 Å². The number of aromatic nitrogens is 2. The summed E-state index contributed by atoms with van der Waals surface area (Å²) >= 11 is 0. The number of rotatable bonds is 0. The second-order valence-electron chi connectivity index (χ2n) is 7.19. The van der Waals surface area contributed by atoms with Gasteiger partial charge in [0.05, 0.1) is 10.7 Å². The van der Waals surface area contributed by atoms with E-state index in [9.17, 15) is 0 Å². The monoisotopic (exact) mass is 358 g/mol. The van der Waals surface area contributed by atoms with Gasteiger partial charge in [-0.15, -0.1) is 0 Å². The Morgan fingerprint density at radius 1 is 0.464 bits per heavy atom. The molecule has 2 heteroatoms. The van der Waals surface area contributed by atoms with Crippen molar-refractivity contribution in [1.82, 2.24) is 9.97 Å². The molecule has 2 N–H and O–H groups in total. The van der Waals surface area contributed by atoms with Crippen LogP contribution in [0.2, 0.25) is 0 Å². The summed E-state index contributed by atoms with van der Waals surface area (Å²) < 4.78 is 0. The topological polar surface area (TPSA) is 31.6 Å². The summed E-state index contributed by atoms with van der Waals surface area (Å²) in [6.07, 6.45) is 17.1. The second kappa shape index (κ2) is 5.86. The van der Waals surface area contributed by atoms with Crippen LogP contribution in [0.1, 0.15) is 0 Å². The number of aromatic amines is 2. The maximum atomic E-state index is 3.70. The van der Waals surface area contributed by atoms with Crippen LogP contribution in [0.3, 0.4) is 0 Å². The first-order valence-corrected chi connectivity index (χ1v) is 9.56. The van der Waals surface area contributed by atoms with Gasteiger partial charge in [0.25, 0.3) is 0 Å². The quantitative estimate of drug-likeness (QED) is 0.464. The second-order valence-corrected chi connectivity index (χ2v) is 7.19. The van der Waals surface area contributed by atoms with Crippen LogP contribution < -0.4 is 10.4 Å². The number of nitrogens with one attached hydrogen (secondary N) is 2. The van der Waals surface area contributed by atoms with Gasteiger partial charge in [-0.3, -0.25) is 0 Å². The van der Waals surface area contributed by atoms with Gasteiger partial charge < -0.3 is 9.97 Å². The van der Waals surface area contributed by atoms with Crippen molar-refractivity contribution < 1.29 is 0 Å². The minimum atomic E-state index is 1.14. The van der Waals surface area contributed by atoms with Crippen molar-refractivity contribution in [2.24, 2.45) is 0 Å². The van der Waals surface area contributed by atoms with Gasteiger partial charge in [0.2, 0.25) is 0 Å². The van der Waals surface area contributed by atoms with Crippen LogP contribution in [0.4, 0.5) is 0 Å². The standard InChI is InChI=1S/C26H18N2/c1-2-10-17(9-1)23-19-13-5-7-15-21(19)27-25(23)26-24(18-11-3-4-12-18)20-14-6-8-16-22(20)28-26/h1-16,27-28H. The first-order chi connectivity index (χ1) is 13.9. The molecule has 6 rings (SSSR count). The van der Waals surface area contributed by atoms with Gasteiger partial charge in [0, 0.05) is 32.2 Å². The molecule has 2 aromatic heterocycles. The van der Waals surface area contributed by atoms with E-state index in [1.54, 1.807) is 0 Å². The van der Waals surface area contributed by atoms with Gasteiger partial charge in [0.15, 0.2) is 0 Å². The fraction of sp³-hybridized carbons (Fsp3) is 0. The summed E-state index contributed by atoms with van der Waals surface area (Å²) in [6, 6.07) is 17.1.